The number of pyridine rings is 1. The molecule has 128 valence electrons. The molecule has 1 aliphatic rings. The monoisotopic (exact) mass is 327 g/mol. The summed E-state index contributed by atoms with van der Waals surface area (Å²) in [7, 11) is 4.04. The summed E-state index contributed by atoms with van der Waals surface area (Å²) in [5.74, 6) is 3.26. The molecule has 0 radical (unpaired) electrons. The van der Waals surface area contributed by atoms with Crippen LogP contribution in [0, 0.1) is 5.92 Å². The molecule has 2 aromatic rings. The third-order valence-corrected chi connectivity index (χ3v) is 4.12. The number of benzene rings is 1. The summed E-state index contributed by atoms with van der Waals surface area (Å²) in [4.78, 5) is 6.49. The smallest absolute Gasteiger partial charge is 0.231 e. The second-order valence-corrected chi connectivity index (χ2v) is 6.51. The number of ether oxygens (including phenoxy) is 2. The lowest BCUT2D eigenvalue weighted by Gasteiger charge is -2.17. The van der Waals surface area contributed by atoms with Gasteiger partial charge in [0.2, 0.25) is 6.79 Å². The molecule has 0 amide bonds. The molecule has 1 aromatic carbocycles. The van der Waals surface area contributed by atoms with Crippen LogP contribution in [-0.2, 0) is 13.0 Å². The Morgan fingerprint density at radius 1 is 1.21 bits per heavy atom. The minimum absolute atomic E-state index is 0.329. The van der Waals surface area contributed by atoms with Crippen molar-refractivity contribution in [1.29, 1.82) is 0 Å². The van der Waals surface area contributed by atoms with Crippen molar-refractivity contribution in [3.8, 4) is 11.5 Å². The molecule has 3 rings (SSSR count). The van der Waals surface area contributed by atoms with Crippen molar-refractivity contribution in [2.45, 2.75) is 19.9 Å². The molecule has 24 heavy (non-hydrogen) atoms. The van der Waals surface area contributed by atoms with E-state index in [9.17, 15) is 0 Å². The maximum atomic E-state index is 5.45. The van der Waals surface area contributed by atoms with Gasteiger partial charge in [0.1, 0.15) is 5.82 Å². The van der Waals surface area contributed by atoms with E-state index in [-0.39, 0.29) is 0 Å². The van der Waals surface area contributed by atoms with Crippen molar-refractivity contribution in [1.82, 2.24) is 10.3 Å². The Morgan fingerprint density at radius 2 is 2.04 bits per heavy atom. The Labute approximate surface area is 143 Å². The lowest BCUT2D eigenvalue weighted by atomic mass is 10.0. The highest BCUT2D eigenvalue weighted by molar-refractivity contribution is 5.45. The van der Waals surface area contributed by atoms with E-state index in [4.69, 9.17) is 9.47 Å². The Bertz CT molecular complexity index is 688. The Morgan fingerprint density at radius 3 is 2.88 bits per heavy atom. The van der Waals surface area contributed by atoms with Gasteiger partial charge in [-0.15, -0.1) is 0 Å². The highest BCUT2D eigenvalue weighted by atomic mass is 16.7. The third-order valence-electron chi connectivity index (χ3n) is 4.12. The van der Waals surface area contributed by atoms with E-state index in [0.29, 0.717) is 12.7 Å². The molecule has 1 atom stereocenters. The molecule has 0 bridgehead atoms. The van der Waals surface area contributed by atoms with Crippen molar-refractivity contribution in [3.63, 3.8) is 0 Å². The van der Waals surface area contributed by atoms with E-state index >= 15 is 0 Å². The van der Waals surface area contributed by atoms with Crippen LogP contribution in [0.3, 0.4) is 0 Å². The topological polar surface area (TPSA) is 46.6 Å². The van der Waals surface area contributed by atoms with E-state index < -0.39 is 0 Å². The molecule has 0 fully saturated rings. The van der Waals surface area contributed by atoms with Crippen molar-refractivity contribution in [3.05, 3.63) is 47.7 Å². The van der Waals surface area contributed by atoms with Crippen LogP contribution in [-0.4, -0.2) is 32.4 Å². The van der Waals surface area contributed by atoms with E-state index in [1.807, 2.05) is 37.3 Å². The van der Waals surface area contributed by atoms with Crippen LogP contribution in [0.2, 0.25) is 0 Å². The summed E-state index contributed by atoms with van der Waals surface area (Å²) in [6, 6.07) is 10.3. The van der Waals surface area contributed by atoms with Gasteiger partial charge in [-0.05, 0) is 42.6 Å². The second kappa shape index (κ2) is 7.53. The summed E-state index contributed by atoms with van der Waals surface area (Å²) < 4.78 is 10.8. The first kappa shape index (κ1) is 16.6. The van der Waals surface area contributed by atoms with E-state index in [2.05, 4.69) is 35.4 Å². The van der Waals surface area contributed by atoms with Crippen LogP contribution in [0.1, 0.15) is 18.1 Å². The first-order chi connectivity index (χ1) is 11.6. The Hall–Kier alpha value is -2.27. The fourth-order valence-electron chi connectivity index (χ4n) is 2.97. The SMILES string of the molecule is C[C@@H](CNCc1cccnc1N(C)C)Cc1ccc2c(c1)OCO2. The lowest BCUT2D eigenvalue weighted by molar-refractivity contribution is 0.174. The lowest BCUT2D eigenvalue weighted by Crippen LogP contribution is -2.23. The van der Waals surface area contributed by atoms with E-state index in [0.717, 1.165) is 36.8 Å². The van der Waals surface area contributed by atoms with Crippen LogP contribution in [0.25, 0.3) is 0 Å². The molecule has 0 spiro atoms. The van der Waals surface area contributed by atoms with Gasteiger partial charge in [0.15, 0.2) is 11.5 Å². The number of fused-ring (bicyclic) bond motifs is 1. The maximum absolute atomic E-state index is 5.45. The van der Waals surface area contributed by atoms with Gasteiger partial charge in [-0.25, -0.2) is 4.98 Å². The minimum atomic E-state index is 0.329. The maximum Gasteiger partial charge on any atom is 0.231 e. The quantitative estimate of drug-likeness (QED) is 0.847. The number of rotatable bonds is 7. The van der Waals surface area contributed by atoms with Gasteiger partial charge in [-0.2, -0.15) is 0 Å². The summed E-state index contributed by atoms with van der Waals surface area (Å²) >= 11 is 0. The van der Waals surface area contributed by atoms with Crippen molar-refractivity contribution >= 4 is 5.82 Å². The van der Waals surface area contributed by atoms with Crippen LogP contribution >= 0.6 is 0 Å². The number of hydrogen-bond acceptors (Lipinski definition) is 5. The summed E-state index contributed by atoms with van der Waals surface area (Å²) in [5.41, 5.74) is 2.50. The molecule has 0 saturated carbocycles. The minimum Gasteiger partial charge on any atom is -0.454 e. The fraction of sp³-hybridized carbons (Fsp3) is 0.421. The van der Waals surface area contributed by atoms with Crippen molar-refractivity contribution in [2.75, 3.05) is 32.3 Å². The molecule has 1 aromatic heterocycles. The van der Waals surface area contributed by atoms with Gasteiger partial charge in [0.25, 0.3) is 0 Å². The zero-order valence-corrected chi connectivity index (χ0v) is 14.6. The second-order valence-electron chi connectivity index (χ2n) is 6.51. The summed E-state index contributed by atoms with van der Waals surface area (Å²) in [6.45, 7) is 4.37. The van der Waals surface area contributed by atoms with Crippen LogP contribution in [0.4, 0.5) is 5.82 Å². The average molecular weight is 327 g/mol. The summed E-state index contributed by atoms with van der Waals surface area (Å²) in [5, 5.41) is 3.55. The molecule has 0 saturated heterocycles. The average Bonchev–Trinajstić information content (AvgIpc) is 3.03. The van der Waals surface area contributed by atoms with Crippen LogP contribution < -0.4 is 19.7 Å². The standard InChI is InChI=1S/C19H25N3O2/c1-14(9-15-6-7-17-18(10-15)24-13-23-17)11-20-12-16-5-4-8-21-19(16)22(2)3/h4-8,10,14,20H,9,11-13H2,1-3H3/t14-/m1/s1. The molecule has 0 aliphatic carbocycles. The summed E-state index contributed by atoms with van der Waals surface area (Å²) in [6.07, 6.45) is 2.85. The number of aromatic nitrogens is 1. The molecular weight excluding hydrogens is 302 g/mol. The number of nitrogens with one attached hydrogen (secondary N) is 1. The molecular formula is C19H25N3O2. The van der Waals surface area contributed by atoms with Crippen LogP contribution in [0.5, 0.6) is 11.5 Å². The Kier molecular flexibility index (Phi) is 5.20. The van der Waals surface area contributed by atoms with Gasteiger partial charge >= 0.3 is 0 Å². The fourth-order valence-corrected chi connectivity index (χ4v) is 2.97. The largest absolute Gasteiger partial charge is 0.454 e. The predicted molar refractivity (Wildman–Crippen MR) is 95.7 cm³/mol. The number of hydrogen-bond donors (Lipinski definition) is 1. The van der Waals surface area contributed by atoms with Gasteiger partial charge in [0.05, 0.1) is 0 Å². The van der Waals surface area contributed by atoms with Crippen LogP contribution in [0.15, 0.2) is 36.5 Å². The van der Waals surface area contributed by atoms with E-state index in [1.54, 1.807) is 0 Å². The highest BCUT2D eigenvalue weighted by Crippen LogP contribution is 2.33. The number of anilines is 1. The van der Waals surface area contributed by atoms with Gasteiger partial charge < -0.3 is 19.7 Å². The van der Waals surface area contributed by atoms with Gasteiger partial charge in [0, 0.05) is 32.4 Å². The van der Waals surface area contributed by atoms with Gasteiger partial charge in [-0.3, -0.25) is 0 Å². The highest BCUT2D eigenvalue weighted by Gasteiger charge is 2.14. The molecule has 2 heterocycles. The molecule has 5 nitrogen and oxygen atoms in total. The molecule has 0 unspecified atom stereocenters. The third kappa shape index (κ3) is 3.97. The first-order valence-corrected chi connectivity index (χ1v) is 8.34. The Balaban J connectivity index is 1.50. The van der Waals surface area contributed by atoms with Crippen molar-refractivity contribution < 1.29 is 9.47 Å². The zero-order chi connectivity index (χ0) is 16.9. The number of nitrogens with zero attached hydrogens (tertiary/aromatic N) is 2. The molecule has 5 heteroatoms. The van der Waals surface area contributed by atoms with Crippen molar-refractivity contribution in [2.24, 2.45) is 5.92 Å². The van der Waals surface area contributed by atoms with E-state index in [1.165, 1.54) is 11.1 Å². The zero-order valence-electron chi connectivity index (χ0n) is 14.6. The molecule has 1 N–H and O–H groups in total. The molecule has 1 aliphatic heterocycles. The first-order valence-electron chi connectivity index (χ1n) is 8.34. The predicted octanol–water partition coefficient (Wildman–Crippen LogP) is 2.84. The normalized spacial score (nSPS) is 13.8. The van der Waals surface area contributed by atoms with Gasteiger partial charge in [-0.1, -0.05) is 19.1 Å².